The Morgan fingerprint density at radius 2 is 1.65 bits per heavy atom. The van der Waals surface area contributed by atoms with Gasteiger partial charge in [-0.25, -0.2) is 0 Å². The zero-order valence-electron chi connectivity index (χ0n) is 11.4. The maximum atomic E-state index is 10.4. The summed E-state index contributed by atoms with van der Waals surface area (Å²) >= 11 is 0. The number of hydrogen-bond donors (Lipinski definition) is 2. The van der Waals surface area contributed by atoms with Crippen LogP contribution in [0.1, 0.15) is 59.8 Å². The van der Waals surface area contributed by atoms with Gasteiger partial charge in [-0.2, -0.15) is 0 Å². The Bertz CT molecular complexity index is 211. The molecule has 2 N–H and O–H groups in total. The minimum absolute atomic E-state index is 0.111. The fourth-order valence-electron chi connectivity index (χ4n) is 1.30. The Kier molecular flexibility index (Phi) is 12.3. The number of aliphatic carboxylic acids is 2. The Morgan fingerprint density at radius 1 is 1.12 bits per heavy atom. The fourth-order valence-corrected chi connectivity index (χ4v) is 1.30. The van der Waals surface area contributed by atoms with Crippen LogP contribution in [0, 0.1) is 11.8 Å². The van der Waals surface area contributed by atoms with Crippen LogP contribution in [0.25, 0.3) is 0 Å². The first kappa shape index (κ1) is 18.3. The van der Waals surface area contributed by atoms with Crippen LogP contribution in [-0.2, 0) is 9.59 Å². The molecule has 4 heteroatoms. The van der Waals surface area contributed by atoms with E-state index in [-0.39, 0.29) is 18.3 Å². The molecule has 0 heterocycles. The van der Waals surface area contributed by atoms with Crippen LogP contribution in [-0.4, -0.2) is 22.2 Å². The number of unbranched alkanes of at least 4 members (excludes halogenated alkanes) is 1. The lowest BCUT2D eigenvalue weighted by atomic mass is 10.00. The van der Waals surface area contributed by atoms with Crippen molar-refractivity contribution in [3.8, 4) is 0 Å². The summed E-state index contributed by atoms with van der Waals surface area (Å²) in [5, 5.41) is 16.7. The average Bonchev–Trinajstić information content (AvgIpc) is 2.17. The van der Waals surface area contributed by atoms with E-state index in [4.69, 9.17) is 10.2 Å². The Balaban J connectivity index is 0. The summed E-state index contributed by atoms with van der Waals surface area (Å²) in [6.45, 7) is 7.77. The van der Waals surface area contributed by atoms with Gasteiger partial charge in [0.2, 0.25) is 0 Å². The highest BCUT2D eigenvalue weighted by molar-refractivity contribution is 5.69. The Hall–Kier alpha value is -1.06. The van der Waals surface area contributed by atoms with Crippen molar-refractivity contribution in [2.45, 2.75) is 59.8 Å². The van der Waals surface area contributed by atoms with Gasteiger partial charge in [-0.05, 0) is 18.8 Å². The van der Waals surface area contributed by atoms with Gasteiger partial charge in [0.25, 0.3) is 0 Å². The smallest absolute Gasteiger partial charge is 0.306 e. The number of rotatable bonds is 7. The van der Waals surface area contributed by atoms with E-state index in [0.29, 0.717) is 0 Å². The molecule has 0 saturated carbocycles. The van der Waals surface area contributed by atoms with Crippen LogP contribution in [0.4, 0.5) is 0 Å². The van der Waals surface area contributed by atoms with Crippen molar-refractivity contribution in [2.75, 3.05) is 0 Å². The van der Waals surface area contributed by atoms with Gasteiger partial charge in [0.05, 0.1) is 5.92 Å². The molecule has 0 rings (SSSR count). The molecule has 0 aliphatic carbocycles. The summed E-state index contributed by atoms with van der Waals surface area (Å²) in [5.74, 6) is -1.19. The number of carboxylic acid groups (broad SMARTS) is 2. The van der Waals surface area contributed by atoms with Crippen molar-refractivity contribution in [1.82, 2.24) is 0 Å². The second kappa shape index (κ2) is 11.4. The number of carbonyl (C=O) groups is 2. The minimum Gasteiger partial charge on any atom is -0.481 e. The van der Waals surface area contributed by atoms with Crippen molar-refractivity contribution in [1.29, 1.82) is 0 Å². The SMILES string of the molecule is CC(C)CC(=O)O.CCCCC(CC)C(=O)O. The topological polar surface area (TPSA) is 74.6 Å². The molecule has 17 heavy (non-hydrogen) atoms. The Morgan fingerprint density at radius 3 is 1.82 bits per heavy atom. The molecule has 0 bridgehead atoms. The monoisotopic (exact) mass is 246 g/mol. The maximum absolute atomic E-state index is 10.4. The van der Waals surface area contributed by atoms with Crippen LogP contribution in [0.5, 0.6) is 0 Å². The van der Waals surface area contributed by atoms with E-state index < -0.39 is 11.9 Å². The first-order chi connectivity index (χ1) is 7.84. The molecule has 102 valence electrons. The molecule has 0 aromatic carbocycles. The molecule has 1 atom stereocenters. The fraction of sp³-hybridized carbons (Fsp3) is 0.846. The quantitative estimate of drug-likeness (QED) is 0.722. The highest BCUT2D eigenvalue weighted by Gasteiger charge is 2.12. The zero-order chi connectivity index (χ0) is 13.8. The molecule has 4 nitrogen and oxygen atoms in total. The van der Waals surface area contributed by atoms with Crippen molar-refractivity contribution >= 4 is 11.9 Å². The molecular weight excluding hydrogens is 220 g/mol. The highest BCUT2D eigenvalue weighted by atomic mass is 16.4. The van der Waals surface area contributed by atoms with E-state index in [0.717, 1.165) is 25.7 Å². The van der Waals surface area contributed by atoms with E-state index in [1.165, 1.54) is 0 Å². The van der Waals surface area contributed by atoms with Crippen LogP contribution < -0.4 is 0 Å². The van der Waals surface area contributed by atoms with Gasteiger partial charge >= 0.3 is 11.9 Å². The predicted octanol–water partition coefficient (Wildman–Crippen LogP) is 3.40. The molecule has 0 aromatic heterocycles. The third-order valence-corrected chi connectivity index (χ3v) is 2.33. The van der Waals surface area contributed by atoms with Crippen molar-refractivity contribution in [2.24, 2.45) is 11.8 Å². The van der Waals surface area contributed by atoms with E-state index in [2.05, 4.69) is 6.92 Å². The lowest BCUT2D eigenvalue weighted by Crippen LogP contribution is -2.11. The van der Waals surface area contributed by atoms with Gasteiger partial charge in [-0.3, -0.25) is 9.59 Å². The molecule has 0 aliphatic rings. The Labute approximate surface area is 104 Å². The van der Waals surface area contributed by atoms with Gasteiger partial charge in [0.15, 0.2) is 0 Å². The normalized spacial score (nSPS) is 11.6. The van der Waals surface area contributed by atoms with Gasteiger partial charge in [0.1, 0.15) is 0 Å². The molecular formula is C13H26O4. The minimum atomic E-state index is -0.713. The van der Waals surface area contributed by atoms with Crippen molar-refractivity contribution < 1.29 is 19.8 Å². The third kappa shape index (κ3) is 14.9. The van der Waals surface area contributed by atoms with Crippen LogP contribution in [0.3, 0.4) is 0 Å². The summed E-state index contributed by atoms with van der Waals surface area (Å²) in [6.07, 6.45) is 3.99. The van der Waals surface area contributed by atoms with Crippen LogP contribution in [0.15, 0.2) is 0 Å². The molecule has 1 unspecified atom stereocenters. The first-order valence-electron chi connectivity index (χ1n) is 6.29. The summed E-state index contributed by atoms with van der Waals surface area (Å²) in [4.78, 5) is 20.2. The van der Waals surface area contributed by atoms with E-state index in [1.54, 1.807) is 0 Å². The molecule has 0 spiro atoms. The number of carboxylic acids is 2. The number of hydrogen-bond acceptors (Lipinski definition) is 2. The van der Waals surface area contributed by atoms with Gasteiger partial charge in [-0.1, -0.05) is 40.5 Å². The maximum Gasteiger partial charge on any atom is 0.306 e. The molecule has 0 radical (unpaired) electrons. The van der Waals surface area contributed by atoms with Gasteiger partial charge in [0, 0.05) is 6.42 Å². The second-order valence-corrected chi connectivity index (χ2v) is 4.58. The van der Waals surface area contributed by atoms with Gasteiger partial charge in [-0.15, -0.1) is 0 Å². The molecule has 0 fully saturated rings. The zero-order valence-corrected chi connectivity index (χ0v) is 11.4. The molecule has 0 saturated heterocycles. The summed E-state index contributed by atoms with van der Waals surface area (Å²) in [5.41, 5.74) is 0. The lowest BCUT2D eigenvalue weighted by Gasteiger charge is -2.06. The molecule has 0 aliphatic heterocycles. The summed E-state index contributed by atoms with van der Waals surface area (Å²) in [7, 11) is 0. The average molecular weight is 246 g/mol. The van der Waals surface area contributed by atoms with E-state index >= 15 is 0 Å². The highest BCUT2D eigenvalue weighted by Crippen LogP contribution is 2.11. The lowest BCUT2D eigenvalue weighted by molar-refractivity contribution is -0.142. The van der Waals surface area contributed by atoms with Gasteiger partial charge < -0.3 is 10.2 Å². The molecule has 0 amide bonds. The van der Waals surface area contributed by atoms with Crippen molar-refractivity contribution in [3.05, 3.63) is 0 Å². The van der Waals surface area contributed by atoms with E-state index in [9.17, 15) is 9.59 Å². The second-order valence-electron chi connectivity index (χ2n) is 4.58. The third-order valence-electron chi connectivity index (χ3n) is 2.33. The van der Waals surface area contributed by atoms with Crippen LogP contribution >= 0.6 is 0 Å². The van der Waals surface area contributed by atoms with Crippen LogP contribution in [0.2, 0.25) is 0 Å². The predicted molar refractivity (Wildman–Crippen MR) is 68.0 cm³/mol. The van der Waals surface area contributed by atoms with E-state index in [1.807, 2.05) is 20.8 Å². The summed E-state index contributed by atoms with van der Waals surface area (Å²) < 4.78 is 0. The molecule has 0 aromatic rings. The summed E-state index contributed by atoms with van der Waals surface area (Å²) in [6, 6.07) is 0. The first-order valence-corrected chi connectivity index (χ1v) is 6.29. The standard InChI is InChI=1S/C8H16O2.C5H10O2/c1-3-5-6-7(4-2)8(9)10;1-4(2)3-5(6)7/h7H,3-6H2,1-2H3,(H,9,10);4H,3H2,1-2H3,(H,6,7). The van der Waals surface area contributed by atoms with Crippen molar-refractivity contribution in [3.63, 3.8) is 0 Å². The largest absolute Gasteiger partial charge is 0.481 e.